The second-order valence-electron chi connectivity index (χ2n) is 9.31. The van der Waals surface area contributed by atoms with E-state index in [-0.39, 0.29) is 36.0 Å². The number of hydrogen-bond donors (Lipinski definition) is 7. The molecule has 1 aliphatic carbocycles. The van der Waals surface area contributed by atoms with Crippen LogP contribution in [0.4, 0.5) is 0 Å². The van der Waals surface area contributed by atoms with Gasteiger partial charge in [-0.25, -0.2) is 0 Å². The molecule has 0 spiro atoms. The van der Waals surface area contributed by atoms with Crippen molar-refractivity contribution in [3.8, 4) is 0 Å². The lowest BCUT2D eigenvalue weighted by Gasteiger charge is -2.32. The second kappa shape index (κ2) is 18.2. The predicted molar refractivity (Wildman–Crippen MR) is 151 cm³/mol. The van der Waals surface area contributed by atoms with Gasteiger partial charge in [0.25, 0.3) is 5.97 Å². The minimum Gasteiger partial charge on any atom is -0.481 e. The van der Waals surface area contributed by atoms with Crippen molar-refractivity contribution in [2.45, 2.75) is 76.8 Å². The fourth-order valence-corrected chi connectivity index (χ4v) is 4.82. The molecule has 3 amide bonds. The number of hydrogen-bond acceptors (Lipinski definition) is 8. The average molecular weight is 566 g/mol. The van der Waals surface area contributed by atoms with E-state index >= 15 is 0 Å². The van der Waals surface area contributed by atoms with Gasteiger partial charge in [0.15, 0.2) is 5.17 Å². The maximum absolute atomic E-state index is 13.6. The highest BCUT2D eigenvalue weighted by Crippen LogP contribution is 2.24. The molecule has 0 radical (unpaired) electrons. The number of nitrogens with zero attached hydrogens (tertiary/aromatic N) is 1. The number of carbonyl (C=O) groups is 4. The van der Waals surface area contributed by atoms with Crippen LogP contribution in [0.25, 0.3) is 0 Å². The topological polar surface area (TPSA) is 206 Å². The van der Waals surface area contributed by atoms with Crippen LogP contribution in [0.3, 0.4) is 0 Å². The number of carboxylic acids is 1. The molecule has 2 rings (SSSR count). The van der Waals surface area contributed by atoms with E-state index in [1.807, 2.05) is 30.3 Å². The molecule has 1 aromatic rings. The molecule has 12 nitrogen and oxygen atoms in total. The van der Waals surface area contributed by atoms with Gasteiger partial charge in [-0.3, -0.25) is 24.6 Å². The van der Waals surface area contributed by atoms with E-state index in [4.69, 9.17) is 21.0 Å². The summed E-state index contributed by atoms with van der Waals surface area (Å²) in [5, 5.41) is 39.4. The van der Waals surface area contributed by atoms with Crippen molar-refractivity contribution < 1.29 is 34.3 Å². The maximum atomic E-state index is 13.6. The van der Waals surface area contributed by atoms with Crippen molar-refractivity contribution in [1.29, 1.82) is 5.41 Å². The number of benzene rings is 1. The number of nitrogens with two attached hydrogens (primary N) is 1. The van der Waals surface area contributed by atoms with E-state index in [1.54, 1.807) is 0 Å². The van der Waals surface area contributed by atoms with Crippen LogP contribution in [-0.4, -0.2) is 86.4 Å². The average Bonchev–Trinajstić information content (AvgIpc) is 3.38. The number of nitrogens with one attached hydrogen (secondary N) is 3. The predicted octanol–water partition coefficient (Wildman–Crippen LogP) is 0.500. The van der Waals surface area contributed by atoms with Crippen LogP contribution in [0.15, 0.2) is 30.3 Å². The quantitative estimate of drug-likeness (QED) is 0.0768. The van der Waals surface area contributed by atoms with Gasteiger partial charge < -0.3 is 36.4 Å². The third-order valence-electron chi connectivity index (χ3n) is 5.94. The van der Waals surface area contributed by atoms with Crippen molar-refractivity contribution in [2.75, 3.05) is 12.3 Å². The summed E-state index contributed by atoms with van der Waals surface area (Å²) in [4.78, 5) is 48.9. The van der Waals surface area contributed by atoms with Gasteiger partial charge in [-0.15, -0.1) is 0 Å². The van der Waals surface area contributed by atoms with Crippen LogP contribution in [0.5, 0.6) is 0 Å². The van der Waals surface area contributed by atoms with E-state index in [1.165, 1.54) is 11.8 Å². The van der Waals surface area contributed by atoms with E-state index in [2.05, 4.69) is 10.6 Å². The van der Waals surface area contributed by atoms with Crippen LogP contribution in [0.1, 0.15) is 57.9 Å². The summed E-state index contributed by atoms with van der Waals surface area (Å²) in [5.74, 6) is -2.39. The molecule has 0 unspecified atom stereocenters. The molecule has 0 heterocycles. The van der Waals surface area contributed by atoms with E-state index in [0.29, 0.717) is 18.6 Å². The van der Waals surface area contributed by atoms with Gasteiger partial charge in [0.05, 0.1) is 12.5 Å². The first-order chi connectivity index (χ1) is 18.4. The van der Waals surface area contributed by atoms with Crippen LogP contribution in [-0.2, 0) is 25.6 Å². The fourth-order valence-electron chi connectivity index (χ4n) is 4.29. The maximum Gasteiger partial charge on any atom is 0.475 e. The molecule has 0 aliphatic heterocycles. The SMILES string of the molecule is CC(=O)N[C@H](Cc1ccccc1)C(=O)N(CC(=O)N[C@@H](CCCSC(=N)N)B(O)O)C1CCCC1.CC(=O)O. The van der Waals surface area contributed by atoms with E-state index in [0.717, 1.165) is 49.9 Å². The van der Waals surface area contributed by atoms with Crippen LogP contribution in [0.2, 0.25) is 0 Å². The van der Waals surface area contributed by atoms with Crippen molar-refractivity contribution in [1.82, 2.24) is 15.5 Å². The highest BCUT2D eigenvalue weighted by atomic mass is 32.2. The molecule has 1 aliphatic rings. The standard InChI is InChI=1S/C23H36BN5O5S.C2H4O2/c1-16(30)27-19(14-17-8-3-2-4-9-17)22(32)29(18-10-5-6-11-18)15-21(31)28-20(24(33)34)12-7-13-35-23(25)26;1-2(3)4/h2-4,8-9,18-20,33-34H,5-7,10-15H2,1H3,(H3,25,26)(H,27,30)(H,28,31);1H3,(H,3,4)/t19-,20+;/m1./s1. The monoisotopic (exact) mass is 565 g/mol. The van der Waals surface area contributed by atoms with Crippen molar-refractivity contribution >= 4 is 47.7 Å². The molecule has 216 valence electrons. The fraction of sp³-hybridized carbons (Fsp3) is 0.560. The van der Waals surface area contributed by atoms with Crippen LogP contribution in [0, 0.1) is 5.41 Å². The molecular weight excluding hydrogens is 525 g/mol. The first-order valence-corrected chi connectivity index (χ1v) is 13.8. The Morgan fingerprint density at radius 3 is 2.23 bits per heavy atom. The largest absolute Gasteiger partial charge is 0.481 e. The molecule has 8 N–H and O–H groups in total. The zero-order valence-corrected chi connectivity index (χ0v) is 23.3. The van der Waals surface area contributed by atoms with Gasteiger partial charge >= 0.3 is 7.12 Å². The van der Waals surface area contributed by atoms with Crippen molar-refractivity contribution in [2.24, 2.45) is 5.73 Å². The molecule has 1 saturated carbocycles. The third kappa shape index (κ3) is 14.6. The number of aliphatic carboxylic acids is 1. The normalized spacial score (nSPS) is 14.3. The van der Waals surface area contributed by atoms with Gasteiger partial charge in [0.1, 0.15) is 6.04 Å². The number of amidine groups is 1. The summed E-state index contributed by atoms with van der Waals surface area (Å²) >= 11 is 1.14. The van der Waals surface area contributed by atoms with Gasteiger partial charge in [-0.2, -0.15) is 0 Å². The Hall–Kier alpha value is -3.10. The summed E-state index contributed by atoms with van der Waals surface area (Å²) in [5.41, 5.74) is 6.20. The summed E-state index contributed by atoms with van der Waals surface area (Å²) in [7, 11) is -1.76. The highest BCUT2D eigenvalue weighted by Gasteiger charge is 2.34. The molecule has 14 heteroatoms. The van der Waals surface area contributed by atoms with Crippen LogP contribution < -0.4 is 16.4 Å². The first-order valence-electron chi connectivity index (χ1n) is 12.8. The van der Waals surface area contributed by atoms with Crippen molar-refractivity contribution in [3.63, 3.8) is 0 Å². The number of carbonyl (C=O) groups excluding carboxylic acids is 3. The summed E-state index contributed by atoms with van der Waals surface area (Å²) in [6.45, 7) is 2.20. The Balaban J connectivity index is 0.00000177. The Labute approximate surface area is 233 Å². The zero-order chi connectivity index (χ0) is 29.4. The summed E-state index contributed by atoms with van der Waals surface area (Å²) < 4.78 is 0. The summed E-state index contributed by atoms with van der Waals surface area (Å²) in [6, 6.07) is 8.43. The Bertz CT molecular complexity index is 944. The van der Waals surface area contributed by atoms with Gasteiger partial charge in [-0.1, -0.05) is 54.9 Å². The first kappa shape index (κ1) is 33.9. The Morgan fingerprint density at radius 2 is 1.72 bits per heavy atom. The lowest BCUT2D eigenvalue weighted by atomic mass is 9.77. The lowest BCUT2D eigenvalue weighted by molar-refractivity contribution is -0.141. The molecule has 0 saturated heterocycles. The number of rotatable bonds is 13. The molecule has 1 aromatic carbocycles. The van der Waals surface area contributed by atoms with Gasteiger partial charge in [-0.05, 0) is 31.2 Å². The molecule has 0 bridgehead atoms. The smallest absolute Gasteiger partial charge is 0.475 e. The van der Waals surface area contributed by atoms with E-state index in [9.17, 15) is 24.4 Å². The molecule has 0 aromatic heterocycles. The Kier molecular flexibility index (Phi) is 15.9. The highest BCUT2D eigenvalue weighted by molar-refractivity contribution is 8.13. The molecule has 2 atom stereocenters. The van der Waals surface area contributed by atoms with Gasteiger partial charge in [0.2, 0.25) is 17.7 Å². The number of amides is 3. The molecular formula is C25H40BN5O7S. The van der Waals surface area contributed by atoms with Crippen molar-refractivity contribution in [3.05, 3.63) is 35.9 Å². The Morgan fingerprint density at radius 1 is 1.13 bits per heavy atom. The summed E-state index contributed by atoms with van der Waals surface area (Å²) in [6.07, 6.45) is 4.53. The number of carboxylic acid groups (broad SMARTS) is 1. The second-order valence-corrected chi connectivity index (χ2v) is 10.4. The minimum absolute atomic E-state index is 0.0231. The zero-order valence-electron chi connectivity index (χ0n) is 22.5. The molecule has 1 fully saturated rings. The molecule has 39 heavy (non-hydrogen) atoms. The lowest BCUT2D eigenvalue weighted by Crippen LogP contribution is -2.56. The third-order valence-corrected chi connectivity index (χ3v) is 6.75. The number of thioether (sulfide) groups is 1. The van der Waals surface area contributed by atoms with Crippen LogP contribution >= 0.6 is 11.8 Å². The van der Waals surface area contributed by atoms with Gasteiger partial charge in [0, 0.05) is 32.1 Å². The minimum atomic E-state index is -1.76. The van der Waals surface area contributed by atoms with E-state index < -0.39 is 31.0 Å².